The summed E-state index contributed by atoms with van der Waals surface area (Å²) in [6, 6.07) is 4.23. The van der Waals surface area contributed by atoms with E-state index in [1.54, 1.807) is 0 Å². The van der Waals surface area contributed by atoms with Crippen LogP contribution in [-0.2, 0) is 4.74 Å². The number of aliphatic hydroxyl groups excluding tert-OH is 1. The zero-order chi connectivity index (χ0) is 15.4. The molecule has 1 N–H and O–H groups in total. The van der Waals surface area contributed by atoms with Crippen molar-refractivity contribution in [1.29, 1.82) is 0 Å². The largest absolute Gasteiger partial charge is 0.496 e. The highest BCUT2D eigenvalue weighted by Gasteiger charge is 2.31. The van der Waals surface area contributed by atoms with Gasteiger partial charge in [-0.1, -0.05) is 6.07 Å². The predicted octanol–water partition coefficient (Wildman–Crippen LogP) is 0.437. The van der Waals surface area contributed by atoms with Crippen LogP contribution in [0.5, 0.6) is 5.75 Å². The molecule has 1 unspecified atom stereocenters. The van der Waals surface area contributed by atoms with E-state index in [0.717, 1.165) is 0 Å². The van der Waals surface area contributed by atoms with E-state index in [1.807, 2.05) is 0 Å². The van der Waals surface area contributed by atoms with Gasteiger partial charge in [-0.3, -0.25) is 14.9 Å². The van der Waals surface area contributed by atoms with Crippen molar-refractivity contribution in [3.63, 3.8) is 0 Å². The van der Waals surface area contributed by atoms with E-state index in [0.29, 0.717) is 6.54 Å². The molecule has 0 aliphatic carbocycles. The Balaban J connectivity index is 2.35. The van der Waals surface area contributed by atoms with Crippen molar-refractivity contribution in [2.45, 2.75) is 6.10 Å². The van der Waals surface area contributed by atoms with Gasteiger partial charge in [0.1, 0.15) is 5.75 Å². The zero-order valence-corrected chi connectivity index (χ0v) is 11.5. The molecule has 21 heavy (non-hydrogen) atoms. The van der Waals surface area contributed by atoms with E-state index in [4.69, 9.17) is 14.6 Å². The van der Waals surface area contributed by atoms with Crippen molar-refractivity contribution < 1.29 is 24.3 Å². The average Bonchev–Trinajstić information content (AvgIpc) is 2.53. The van der Waals surface area contributed by atoms with Gasteiger partial charge >= 0.3 is 0 Å². The molecule has 0 spiro atoms. The summed E-state index contributed by atoms with van der Waals surface area (Å²) >= 11 is 0. The van der Waals surface area contributed by atoms with Gasteiger partial charge in [0.15, 0.2) is 5.56 Å². The number of aliphatic hydroxyl groups is 1. The van der Waals surface area contributed by atoms with Gasteiger partial charge in [0.2, 0.25) is 0 Å². The molecule has 1 aromatic rings. The van der Waals surface area contributed by atoms with E-state index in [1.165, 1.54) is 30.2 Å². The standard InChI is InChI=1S/C13H16N2O6/c1-20-11-4-2-3-10(15(18)19)12(11)13(17)14-5-6-21-9(7-14)8-16/h2-4,9,16H,5-8H2,1H3. The second-order valence-corrected chi connectivity index (χ2v) is 4.54. The number of carbonyl (C=O) groups excluding carboxylic acids is 1. The van der Waals surface area contributed by atoms with Crippen LogP contribution in [0.1, 0.15) is 10.4 Å². The highest BCUT2D eigenvalue weighted by molar-refractivity contribution is 6.01. The number of methoxy groups -OCH3 is 1. The molecule has 1 aliphatic rings. The normalized spacial score (nSPS) is 18.4. The number of nitrogens with zero attached hydrogens (tertiary/aromatic N) is 2. The molecule has 114 valence electrons. The fourth-order valence-corrected chi connectivity index (χ4v) is 2.23. The molecule has 1 heterocycles. The topological polar surface area (TPSA) is 102 Å². The van der Waals surface area contributed by atoms with Gasteiger partial charge < -0.3 is 19.5 Å². The minimum atomic E-state index is -0.611. The van der Waals surface area contributed by atoms with Crippen LogP contribution in [0.3, 0.4) is 0 Å². The number of amides is 1. The van der Waals surface area contributed by atoms with Crippen molar-refractivity contribution in [3.05, 3.63) is 33.9 Å². The van der Waals surface area contributed by atoms with Crippen molar-refractivity contribution in [2.75, 3.05) is 33.4 Å². The first-order valence-electron chi connectivity index (χ1n) is 6.41. The number of nitro benzene ring substituents is 1. The number of benzene rings is 1. The summed E-state index contributed by atoms with van der Waals surface area (Å²) in [7, 11) is 1.35. The molecule has 1 aromatic carbocycles. The van der Waals surface area contributed by atoms with Crippen LogP contribution in [0.2, 0.25) is 0 Å². The van der Waals surface area contributed by atoms with E-state index >= 15 is 0 Å². The second kappa shape index (κ2) is 6.51. The van der Waals surface area contributed by atoms with Crippen LogP contribution >= 0.6 is 0 Å². The van der Waals surface area contributed by atoms with Crippen LogP contribution in [0.25, 0.3) is 0 Å². The van der Waals surface area contributed by atoms with Crippen molar-refractivity contribution in [3.8, 4) is 5.75 Å². The molecule has 1 amide bonds. The summed E-state index contributed by atoms with van der Waals surface area (Å²) in [6.45, 7) is 0.562. The number of ether oxygens (including phenoxy) is 2. The fraction of sp³-hybridized carbons (Fsp3) is 0.462. The molecule has 1 saturated heterocycles. The Morgan fingerprint density at radius 1 is 1.62 bits per heavy atom. The number of rotatable bonds is 4. The molecule has 0 aromatic heterocycles. The monoisotopic (exact) mass is 296 g/mol. The Bertz CT molecular complexity index is 547. The van der Waals surface area contributed by atoms with E-state index in [-0.39, 0.29) is 36.8 Å². The zero-order valence-electron chi connectivity index (χ0n) is 11.5. The average molecular weight is 296 g/mol. The Labute approximate surface area is 121 Å². The second-order valence-electron chi connectivity index (χ2n) is 4.54. The SMILES string of the molecule is COc1cccc([N+](=O)[O-])c1C(=O)N1CCOC(CO)C1. The summed E-state index contributed by atoms with van der Waals surface area (Å²) in [5.41, 5.74) is -0.380. The van der Waals surface area contributed by atoms with Gasteiger partial charge in [0.05, 0.1) is 31.4 Å². The molecular formula is C13H16N2O6. The number of morpholine rings is 1. The maximum Gasteiger partial charge on any atom is 0.285 e. The maximum absolute atomic E-state index is 12.6. The number of nitro groups is 1. The summed E-state index contributed by atoms with van der Waals surface area (Å²) < 4.78 is 10.3. The van der Waals surface area contributed by atoms with E-state index in [2.05, 4.69) is 0 Å². The first kappa shape index (κ1) is 15.2. The molecule has 0 bridgehead atoms. The van der Waals surface area contributed by atoms with Crippen LogP contribution in [-0.4, -0.2) is 60.4 Å². The van der Waals surface area contributed by atoms with Crippen LogP contribution in [0.15, 0.2) is 18.2 Å². The van der Waals surface area contributed by atoms with Gasteiger partial charge in [-0.05, 0) is 6.07 Å². The van der Waals surface area contributed by atoms with Gasteiger partial charge in [0.25, 0.3) is 11.6 Å². The van der Waals surface area contributed by atoms with Gasteiger partial charge in [0, 0.05) is 19.2 Å². The van der Waals surface area contributed by atoms with Crippen molar-refractivity contribution in [2.24, 2.45) is 0 Å². The van der Waals surface area contributed by atoms with Crippen LogP contribution in [0.4, 0.5) is 5.69 Å². The minimum absolute atomic E-state index is 0.0800. The lowest BCUT2D eigenvalue weighted by atomic mass is 10.1. The Morgan fingerprint density at radius 2 is 2.38 bits per heavy atom. The molecule has 0 saturated carbocycles. The summed E-state index contributed by atoms with van der Waals surface area (Å²) in [6.07, 6.45) is -0.475. The first-order chi connectivity index (χ1) is 10.1. The minimum Gasteiger partial charge on any atom is -0.496 e. The third kappa shape index (κ3) is 3.11. The molecule has 0 radical (unpaired) electrons. The van der Waals surface area contributed by atoms with E-state index in [9.17, 15) is 14.9 Å². The summed E-state index contributed by atoms with van der Waals surface area (Å²) in [4.78, 5) is 24.5. The molecule has 1 aliphatic heterocycles. The van der Waals surface area contributed by atoms with Crippen molar-refractivity contribution in [1.82, 2.24) is 4.90 Å². The molecule has 1 fully saturated rings. The van der Waals surface area contributed by atoms with Gasteiger partial charge in [-0.15, -0.1) is 0 Å². The molecular weight excluding hydrogens is 280 g/mol. The highest BCUT2D eigenvalue weighted by atomic mass is 16.6. The highest BCUT2D eigenvalue weighted by Crippen LogP contribution is 2.29. The lowest BCUT2D eigenvalue weighted by Crippen LogP contribution is -2.47. The quantitative estimate of drug-likeness (QED) is 0.639. The summed E-state index contributed by atoms with van der Waals surface area (Å²) in [5, 5.41) is 20.2. The molecule has 8 heteroatoms. The Morgan fingerprint density at radius 3 is 3.00 bits per heavy atom. The molecule has 1 atom stereocenters. The van der Waals surface area contributed by atoms with Gasteiger partial charge in [-0.25, -0.2) is 0 Å². The third-order valence-corrected chi connectivity index (χ3v) is 3.26. The van der Waals surface area contributed by atoms with Crippen LogP contribution < -0.4 is 4.74 Å². The lowest BCUT2D eigenvalue weighted by Gasteiger charge is -2.32. The maximum atomic E-state index is 12.6. The predicted molar refractivity (Wildman–Crippen MR) is 72.4 cm³/mol. The van der Waals surface area contributed by atoms with Crippen LogP contribution in [0, 0.1) is 10.1 Å². The number of hydrogen-bond donors (Lipinski definition) is 1. The summed E-state index contributed by atoms with van der Waals surface area (Å²) in [5.74, 6) is -0.345. The smallest absolute Gasteiger partial charge is 0.285 e. The third-order valence-electron chi connectivity index (χ3n) is 3.26. The Kier molecular flexibility index (Phi) is 4.71. The number of hydrogen-bond acceptors (Lipinski definition) is 6. The first-order valence-corrected chi connectivity index (χ1v) is 6.41. The van der Waals surface area contributed by atoms with E-state index < -0.39 is 16.9 Å². The fourth-order valence-electron chi connectivity index (χ4n) is 2.23. The van der Waals surface area contributed by atoms with Gasteiger partial charge in [-0.2, -0.15) is 0 Å². The lowest BCUT2D eigenvalue weighted by molar-refractivity contribution is -0.385. The Hall–Kier alpha value is -2.19. The number of carbonyl (C=O) groups is 1. The molecule has 8 nitrogen and oxygen atoms in total. The van der Waals surface area contributed by atoms with Crippen molar-refractivity contribution >= 4 is 11.6 Å². The molecule has 2 rings (SSSR count).